The van der Waals surface area contributed by atoms with Gasteiger partial charge in [0, 0.05) is 25.7 Å². The first-order valence-electron chi connectivity index (χ1n) is 12.2. The summed E-state index contributed by atoms with van der Waals surface area (Å²) in [5.74, 6) is 0.211. The first-order valence-corrected chi connectivity index (χ1v) is 13.6. The van der Waals surface area contributed by atoms with E-state index in [1.807, 2.05) is 38.1 Å². The molecule has 1 saturated heterocycles. The van der Waals surface area contributed by atoms with Gasteiger partial charge in [0.15, 0.2) is 6.10 Å². The molecular formula is C26H33N3O6S. The van der Waals surface area contributed by atoms with E-state index >= 15 is 0 Å². The van der Waals surface area contributed by atoms with Gasteiger partial charge in [-0.3, -0.25) is 9.59 Å². The molecule has 0 aromatic heterocycles. The summed E-state index contributed by atoms with van der Waals surface area (Å²) >= 11 is 0. The number of carbonyl (C=O) groups is 2. The van der Waals surface area contributed by atoms with Gasteiger partial charge in [-0.05, 0) is 69.9 Å². The van der Waals surface area contributed by atoms with Crippen molar-refractivity contribution >= 4 is 27.5 Å². The molecule has 0 bridgehead atoms. The second-order valence-corrected chi connectivity index (χ2v) is 11.5. The van der Waals surface area contributed by atoms with Crippen LogP contribution in [0, 0.1) is 12.8 Å². The lowest BCUT2D eigenvalue weighted by Gasteiger charge is -2.32. The molecule has 10 heteroatoms. The largest absolute Gasteiger partial charge is 0.491 e. The summed E-state index contributed by atoms with van der Waals surface area (Å²) < 4.78 is 39.7. The van der Waals surface area contributed by atoms with Gasteiger partial charge in [-0.2, -0.15) is 4.31 Å². The van der Waals surface area contributed by atoms with Crippen molar-refractivity contribution in [2.24, 2.45) is 5.92 Å². The van der Waals surface area contributed by atoms with Gasteiger partial charge < -0.3 is 20.1 Å². The number of nitrogens with zero attached hydrogens (tertiary/aromatic N) is 1. The van der Waals surface area contributed by atoms with Crippen LogP contribution in [0.1, 0.15) is 44.7 Å². The summed E-state index contributed by atoms with van der Waals surface area (Å²) in [7, 11) is -3.86. The topological polar surface area (TPSA) is 114 Å². The highest BCUT2D eigenvalue weighted by Gasteiger charge is 2.35. The minimum absolute atomic E-state index is 0.0862. The Kier molecular flexibility index (Phi) is 7.56. The van der Waals surface area contributed by atoms with E-state index in [0.29, 0.717) is 42.9 Å². The molecule has 0 aliphatic carbocycles. The molecule has 2 aliphatic rings. The first-order chi connectivity index (χ1) is 17.0. The number of fused-ring (bicyclic) bond motifs is 1. The number of amides is 2. The molecule has 9 nitrogen and oxygen atoms in total. The summed E-state index contributed by atoms with van der Waals surface area (Å²) in [5.41, 5.74) is 1.89. The fourth-order valence-electron chi connectivity index (χ4n) is 4.43. The zero-order valence-corrected chi connectivity index (χ0v) is 21.9. The lowest BCUT2D eigenvalue weighted by Crippen LogP contribution is -2.45. The van der Waals surface area contributed by atoms with Gasteiger partial charge in [-0.1, -0.05) is 12.1 Å². The highest BCUT2D eigenvalue weighted by Crippen LogP contribution is 2.36. The maximum atomic E-state index is 13.5. The average molecular weight is 516 g/mol. The molecule has 2 aromatic rings. The van der Waals surface area contributed by atoms with Crippen LogP contribution >= 0.6 is 0 Å². The normalized spacial score (nSPS) is 20.3. The Labute approximate surface area is 212 Å². The Bertz CT molecular complexity index is 1240. The van der Waals surface area contributed by atoms with Gasteiger partial charge in [0.05, 0.1) is 22.6 Å². The molecule has 4 rings (SSSR count). The van der Waals surface area contributed by atoms with Crippen molar-refractivity contribution in [1.29, 1.82) is 0 Å². The van der Waals surface area contributed by atoms with Gasteiger partial charge >= 0.3 is 0 Å². The highest BCUT2D eigenvalue weighted by atomic mass is 32.2. The Morgan fingerprint density at radius 3 is 2.67 bits per heavy atom. The number of nitrogens with one attached hydrogen (secondary N) is 2. The van der Waals surface area contributed by atoms with E-state index in [-0.39, 0.29) is 29.4 Å². The Morgan fingerprint density at radius 1 is 1.25 bits per heavy atom. The molecule has 36 heavy (non-hydrogen) atoms. The van der Waals surface area contributed by atoms with E-state index < -0.39 is 22.0 Å². The minimum Gasteiger partial charge on any atom is -0.491 e. The molecule has 2 unspecified atom stereocenters. The van der Waals surface area contributed by atoms with Crippen molar-refractivity contribution in [3.8, 4) is 11.5 Å². The van der Waals surface area contributed by atoms with Crippen LogP contribution in [0.3, 0.4) is 0 Å². The number of aryl methyl sites for hydroxylation is 1. The molecule has 2 N–H and O–H groups in total. The molecule has 2 heterocycles. The molecule has 2 aromatic carbocycles. The number of hydrogen-bond donors (Lipinski definition) is 2. The number of piperidine rings is 1. The van der Waals surface area contributed by atoms with Crippen molar-refractivity contribution < 1.29 is 27.5 Å². The smallest absolute Gasteiger partial charge is 0.265 e. The van der Waals surface area contributed by atoms with Gasteiger partial charge in [-0.25, -0.2) is 8.42 Å². The number of hydrogen-bond acceptors (Lipinski definition) is 6. The molecule has 0 spiro atoms. The highest BCUT2D eigenvalue weighted by molar-refractivity contribution is 7.89. The number of rotatable bonds is 7. The van der Waals surface area contributed by atoms with E-state index in [2.05, 4.69) is 10.6 Å². The van der Waals surface area contributed by atoms with Gasteiger partial charge in [0.2, 0.25) is 15.9 Å². The van der Waals surface area contributed by atoms with Crippen molar-refractivity contribution in [1.82, 2.24) is 9.62 Å². The van der Waals surface area contributed by atoms with Crippen LogP contribution in [-0.4, -0.2) is 49.8 Å². The second-order valence-electron chi connectivity index (χ2n) is 9.59. The summed E-state index contributed by atoms with van der Waals surface area (Å²) in [5, 5.41) is 5.68. The third-order valence-corrected chi connectivity index (χ3v) is 8.35. The van der Waals surface area contributed by atoms with E-state index in [1.54, 1.807) is 19.9 Å². The monoisotopic (exact) mass is 515 g/mol. The minimum atomic E-state index is -3.86. The maximum absolute atomic E-state index is 13.5. The molecule has 0 saturated carbocycles. The zero-order valence-electron chi connectivity index (χ0n) is 21.0. The van der Waals surface area contributed by atoms with Gasteiger partial charge in [-0.15, -0.1) is 0 Å². The molecular weight excluding hydrogens is 482 g/mol. The van der Waals surface area contributed by atoms with Crippen LogP contribution < -0.4 is 20.1 Å². The van der Waals surface area contributed by atoms with Crippen LogP contribution in [0.2, 0.25) is 0 Å². The summed E-state index contributed by atoms with van der Waals surface area (Å²) in [6, 6.07) is 10.6. The predicted octanol–water partition coefficient (Wildman–Crippen LogP) is 3.22. The summed E-state index contributed by atoms with van der Waals surface area (Å²) in [4.78, 5) is 24.9. The number of ether oxygens (including phenoxy) is 2. The second kappa shape index (κ2) is 10.5. The average Bonchev–Trinajstić information content (AvgIpc) is 2.84. The van der Waals surface area contributed by atoms with Crippen molar-refractivity contribution in [2.75, 3.05) is 18.4 Å². The van der Waals surface area contributed by atoms with Crippen LogP contribution in [-0.2, 0) is 26.2 Å². The first kappa shape index (κ1) is 26.0. The van der Waals surface area contributed by atoms with Crippen LogP contribution in [0.15, 0.2) is 41.3 Å². The van der Waals surface area contributed by atoms with Gasteiger partial charge in [0.1, 0.15) is 11.5 Å². The predicted molar refractivity (Wildman–Crippen MR) is 135 cm³/mol. The Balaban J connectivity index is 1.42. The third-order valence-electron chi connectivity index (χ3n) is 6.34. The summed E-state index contributed by atoms with van der Waals surface area (Å²) in [6.07, 6.45) is 0.585. The van der Waals surface area contributed by atoms with E-state index in [0.717, 1.165) is 11.3 Å². The molecule has 1 fully saturated rings. The Morgan fingerprint density at radius 2 is 1.97 bits per heavy atom. The number of anilines is 1. The van der Waals surface area contributed by atoms with Crippen LogP contribution in [0.4, 0.5) is 5.69 Å². The molecule has 2 aliphatic heterocycles. The fraction of sp³-hybridized carbons (Fsp3) is 0.462. The Hall–Kier alpha value is -3.11. The lowest BCUT2D eigenvalue weighted by molar-refractivity contribution is -0.126. The van der Waals surface area contributed by atoms with Crippen molar-refractivity contribution in [2.45, 2.75) is 64.2 Å². The maximum Gasteiger partial charge on any atom is 0.265 e. The standard InChI is InChI=1S/C26H33N3O6S/c1-16(2)34-21-9-7-19(8-10-21)14-27-26(31)20-6-5-11-29(15-20)36(32,33)24-13-23-22(12-17(24)3)28-25(30)18(4)35-23/h7-10,12-13,16,18,20H,5-6,11,14-15H2,1-4H3,(H,27,31)(H,28,30). The quantitative estimate of drug-likeness (QED) is 0.585. The number of sulfonamides is 1. The van der Waals surface area contributed by atoms with Crippen LogP contribution in [0.5, 0.6) is 11.5 Å². The molecule has 2 amide bonds. The number of benzene rings is 2. The van der Waals surface area contributed by atoms with E-state index in [9.17, 15) is 18.0 Å². The SMILES string of the molecule is Cc1cc2c(cc1S(=O)(=O)N1CCCC(C(=O)NCc3ccc(OC(C)C)cc3)C1)OC(C)C(=O)N2. The van der Waals surface area contributed by atoms with Crippen molar-refractivity contribution in [3.63, 3.8) is 0 Å². The zero-order chi connectivity index (χ0) is 26.0. The van der Waals surface area contributed by atoms with Gasteiger partial charge in [0.25, 0.3) is 5.91 Å². The molecule has 2 atom stereocenters. The fourth-order valence-corrected chi connectivity index (χ4v) is 6.17. The number of carbonyl (C=O) groups excluding carboxylic acids is 2. The lowest BCUT2D eigenvalue weighted by atomic mass is 9.99. The molecule has 0 radical (unpaired) electrons. The van der Waals surface area contributed by atoms with E-state index in [1.165, 1.54) is 10.4 Å². The third kappa shape index (κ3) is 5.65. The van der Waals surface area contributed by atoms with Crippen molar-refractivity contribution in [3.05, 3.63) is 47.5 Å². The van der Waals surface area contributed by atoms with Crippen LogP contribution in [0.25, 0.3) is 0 Å². The van der Waals surface area contributed by atoms with E-state index in [4.69, 9.17) is 9.47 Å². The molecule has 194 valence electrons. The summed E-state index contributed by atoms with van der Waals surface area (Å²) in [6.45, 7) is 8.02.